The SMILES string of the molecule is Cc1cccc2c1Oc1cc(-c3cccc([Si](c4ccccc4)(c4ccccc4)c4ccccc4)c3)cc3c1B2c1ccccc1O3. The minimum absolute atomic E-state index is 0.0586. The van der Waals surface area contributed by atoms with E-state index in [-0.39, 0.29) is 6.71 Å². The molecule has 0 radical (unpaired) electrons. The zero-order valence-corrected chi connectivity index (χ0v) is 27.1. The highest BCUT2D eigenvalue weighted by atomic mass is 28.3. The molecule has 9 rings (SSSR count). The molecule has 4 heteroatoms. The van der Waals surface area contributed by atoms with Crippen molar-refractivity contribution < 1.29 is 9.47 Å². The molecule has 47 heavy (non-hydrogen) atoms. The Morgan fingerprint density at radius 2 is 0.957 bits per heavy atom. The van der Waals surface area contributed by atoms with Crippen LogP contribution in [0.15, 0.2) is 170 Å². The van der Waals surface area contributed by atoms with Crippen molar-refractivity contribution in [3.63, 3.8) is 0 Å². The highest BCUT2D eigenvalue weighted by molar-refractivity contribution is 7.19. The fourth-order valence-electron chi connectivity index (χ4n) is 7.78. The molecular formula is C43H31BO2Si. The molecule has 0 spiro atoms. The number of hydrogen-bond donors (Lipinski definition) is 0. The van der Waals surface area contributed by atoms with Crippen LogP contribution in [0.3, 0.4) is 0 Å². The van der Waals surface area contributed by atoms with Gasteiger partial charge in [0.15, 0.2) is 8.07 Å². The number of hydrogen-bond acceptors (Lipinski definition) is 2. The second-order valence-corrected chi connectivity index (χ2v) is 16.3. The molecule has 0 N–H and O–H groups in total. The molecule has 0 aromatic heterocycles. The Labute approximate surface area is 277 Å². The number of fused-ring (bicyclic) bond motifs is 4. The summed E-state index contributed by atoms with van der Waals surface area (Å²) in [5.41, 5.74) is 6.81. The van der Waals surface area contributed by atoms with Gasteiger partial charge in [0, 0.05) is 5.46 Å². The third-order valence-corrected chi connectivity index (χ3v) is 14.6. The van der Waals surface area contributed by atoms with Crippen LogP contribution in [0.2, 0.25) is 0 Å². The monoisotopic (exact) mass is 618 g/mol. The molecule has 2 aliphatic heterocycles. The third-order valence-electron chi connectivity index (χ3n) is 9.86. The quantitative estimate of drug-likeness (QED) is 0.180. The number of aryl methyl sites for hydroxylation is 1. The third kappa shape index (κ3) is 4.33. The first-order chi connectivity index (χ1) is 23.2. The van der Waals surface area contributed by atoms with E-state index in [0.717, 1.165) is 45.2 Å². The Bertz CT molecular complexity index is 2170. The molecule has 0 saturated carbocycles. The van der Waals surface area contributed by atoms with Crippen LogP contribution >= 0.6 is 0 Å². The molecular weight excluding hydrogens is 587 g/mol. The highest BCUT2D eigenvalue weighted by Gasteiger charge is 2.43. The Balaban J connectivity index is 1.27. The zero-order chi connectivity index (χ0) is 31.4. The van der Waals surface area contributed by atoms with Gasteiger partial charge in [0.05, 0.1) is 0 Å². The topological polar surface area (TPSA) is 18.5 Å². The van der Waals surface area contributed by atoms with Gasteiger partial charge in [-0.2, -0.15) is 0 Å². The van der Waals surface area contributed by atoms with E-state index in [1.807, 2.05) is 0 Å². The normalized spacial score (nSPS) is 12.7. The van der Waals surface area contributed by atoms with Crippen molar-refractivity contribution >= 4 is 51.9 Å². The van der Waals surface area contributed by atoms with Crippen molar-refractivity contribution in [3.05, 3.63) is 175 Å². The number of rotatable bonds is 5. The summed E-state index contributed by atoms with van der Waals surface area (Å²) >= 11 is 0. The average Bonchev–Trinajstić information content (AvgIpc) is 3.13. The lowest BCUT2D eigenvalue weighted by Crippen LogP contribution is -2.74. The summed E-state index contributed by atoms with van der Waals surface area (Å²) in [7, 11) is -2.68. The molecule has 2 heterocycles. The molecule has 7 aromatic carbocycles. The smallest absolute Gasteiger partial charge is 0.260 e. The zero-order valence-electron chi connectivity index (χ0n) is 26.1. The van der Waals surface area contributed by atoms with E-state index < -0.39 is 8.07 Å². The maximum atomic E-state index is 6.77. The number of benzene rings is 7. The van der Waals surface area contributed by atoms with Gasteiger partial charge in [0.25, 0.3) is 6.71 Å². The van der Waals surface area contributed by atoms with E-state index in [9.17, 15) is 0 Å². The standard InChI is InChI=1S/C43H31BO2Si/c1-30-15-13-25-38-43(30)46-41-29-32(28-40-42(41)44(38)37-24-11-12-26-39(37)45-40)31-16-14-23-36(27-31)47(33-17-5-2-6-18-33,34-19-7-3-8-20-34)35-21-9-4-10-22-35/h2-29H,1H3. The van der Waals surface area contributed by atoms with Crippen molar-refractivity contribution in [3.8, 4) is 34.1 Å². The molecule has 0 bridgehead atoms. The van der Waals surface area contributed by atoms with Gasteiger partial charge in [-0.1, -0.05) is 152 Å². The van der Waals surface area contributed by atoms with Crippen LogP contribution in [-0.4, -0.2) is 14.8 Å². The van der Waals surface area contributed by atoms with E-state index in [0.29, 0.717) is 0 Å². The predicted molar refractivity (Wildman–Crippen MR) is 198 cm³/mol. The van der Waals surface area contributed by atoms with Crippen LogP contribution in [0.4, 0.5) is 0 Å². The molecule has 0 amide bonds. The molecule has 2 aliphatic rings. The van der Waals surface area contributed by atoms with Gasteiger partial charge >= 0.3 is 0 Å². The molecule has 0 aliphatic carbocycles. The van der Waals surface area contributed by atoms with Crippen molar-refractivity contribution in [2.24, 2.45) is 0 Å². The molecule has 0 saturated heterocycles. The minimum Gasteiger partial charge on any atom is -0.458 e. The number of ether oxygens (including phenoxy) is 2. The van der Waals surface area contributed by atoms with Crippen molar-refractivity contribution in [2.75, 3.05) is 0 Å². The van der Waals surface area contributed by atoms with Crippen molar-refractivity contribution in [1.82, 2.24) is 0 Å². The first-order valence-corrected chi connectivity index (χ1v) is 18.2. The Kier molecular flexibility index (Phi) is 6.51. The molecule has 0 unspecified atom stereocenters. The Morgan fingerprint density at radius 3 is 1.62 bits per heavy atom. The molecule has 7 aromatic rings. The van der Waals surface area contributed by atoms with Gasteiger partial charge in [-0.3, -0.25) is 0 Å². The molecule has 2 nitrogen and oxygen atoms in total. The van der Waals surface area contributed by atoms with Crippen LogP contribution in [0, 0.1) is 6.92 Å². The first kappa shape index (κ1) is 27.7. The fourth-order valence-corrected chi connectivity index (χ4v) is 12.6. The second kappa shape index (κ2) is 11.0. The maximum Gasteiger partial charge on any atom is 0.260 e. The Hall–Kier alpha value is -5.58. The molecule has 222 valence electrons. The maximum absolute atomic E-state index is 6.77. The summed E-state index contributed by atoms with van der Waals surface area (Å²) in [5, 5.41) is 5.39. The van der Waals surface area contributed by atoms with Crippen LogP contribution in [0.25, 0.3) is 11.1 Å². The van der Waals surface area contributed by atoms with E-state index in [4.69, 9.17) is 9.47 Å². The van der Waals surface area contributed by atoms with Crippen LogP contribution in [-0.2, 0) is 0 Å². The lowest BCUT2D eigenvalue weighted by Gasteiger charge is -2.35. The summed E-state index contributed by atoms with van der Waals surface area (Å²) in [6, 6.07) is 61.6. The van der Waals surface area contributed by atoms with E-state index >= 15 is 0 Å². The van der Waals surface area contributed by atoms with E-state index in [1.165, 1.54) is 31.7 Å². The molecule has 0 atom stereocenters. The van der Waals surface area contributed by atoms with Crippen LogP contribution in [0.1, 0.15) is 5.56 Å². The van der Waals surface area contributed by atoms with Gasteiger partial charge in [0.1, 0.15) is 23.0 Å². The van der Waals surface area contributed by atoms with E-state index in [2.05, 4.69) is 177 Å². The predicted octanol–water partition coefficient (Wildman–Crippen LogP) is 5.77. The first-order valence-electron chi connectivity index (χ1n) is 16.2. The summed E-state index contributed by atoms with van der Waals surface area (Å²) in [5.74, 6) is 3.57. The Morgan fingerprint density at radius 1 is 0.426 bits per heavy atom. The number of para-hydroxylation sites is 2. The van der Waals surface area contributed by atoms with Gasteiger partial charge in [0.2, 0.25) is 0 Å². The van der Waals surface area contributed by atoms with Gasteiger partial charge in [-0.25, -0.2) is 0 Å². The fraction of sp³-hybridized carbons (Fsp3) is 0.0233. The average molecular weight is 619 g/mol. The van der Waals surface area contributed by atoms with Crippen molar-refractivity contribution in [2.45, 2.75) is 6.92 Å². The van der Waals surface area contributed by atoms with Crippen LogP contribution in [0.5, 0.6) is 23.0 Å². The minimum atomic E-state index is -2.68. The van der Waals surface area contributed by atoms with Crippen LogP contribution < -0.4 is 46.6 Å². The summed E-state index contributed by atoms with van der Waals surface area (Å²) in [4.78, 5) is 0. The van der Waals surface area contributed by atoms with Gasteiger partial charge < -0.3 is 9.47 Å². The van der Waals surface area contributed by atoms with Gasteiger partial charge in [-0.15, -0.1) is 0 Å². The summed E-state index contributed by atoms with van der Waals surface area (Å²) in [6.07, 6.45) is 0. The largest absolute Gasteiger partial charge is 0.458 e. The lowest BCUT2D eigenvalue weighted by molar-refractivity contribution is 0.463. The second-order valence-electron chi connectivity index (χ2n) is 12.5. The van der Waals surface area contributed by atoms with E-state index in [1.54, 1.807) is 0 Å². The lowest BCUT2D eigenvalue weighted by atomic mass is 9.34. The highest BCUT2D eigenvalue weighted by Crippen LogP contribution is 2.38. The summed E-state index contributed by atoms with van der Waals surface area (Å²) in [6.45, 7) is 2.19. The van der Waals surface area contributed by atoms with Gasteiger partial charge in [-0.05, 0) is 73.5 Å². The van der Waals surface area contributed by atoms with Crippen molar-refractivity contribution in [1.29, 1.82) is 0 Å². The molecule has 0 fully saturated rings. The summed E-state index contributed by atoms with van der Waals surface area (Å²) < 4.78 is 13.4.